The molecule has 0 bridgehead atoms. The van der Waals surface area contributed by atoms with E-state index in [1.807, 2.05) is 13.8 Å². The maximum atomic E-state index is 12.7. The molecule has 0 saturated heterocycles. The van der Waals surface area contributed by atoms with Crippen LogP contribution in [0.25, 0.3) is 0 Å². The fourth-order valence-corrected chi connectivity index (χ4v) is 1.66. The standard InChI is InChI=1S/C13H17F3O2/c1-4-8(2)9-5-6-10(11(17)7-9)12(3,18)13(14,15)16/h5-8,17-18H,4H2,1-3H3. The lowest BCUT2D eigenvalue weighted by Gasteiger charge is -2.27. The van der Waals surface area contributed by atoms with Crippen molar-refractivity contribution in [2.75, 3.05) is 0 Å². The quantitative estimate of drug-likeness (QED) is 0.872. The molecule has 0 amide bonds. The zero-order valence-electron chi connectivity index (χ0n) is 10.5. The first-order valence-corrected chi connectivity index (χ1v) is 5.73. The summed E-state index contributed by atoms with van der Waals surface area (Å²) < 4.78 is 38.0. The van der Waals surface area contributed by atoms with Crippen molar-refractivity contribution in [2.24, 2.45) is 0 Å². The summed E-state index contributed by atoms with van der Waals surface area (Å²) >= 11 is 0. The third-order valence-corrected chi connectivity index (χ3v) is 3.28. The number of hydrogen-bond acceptors (Lipinski definition) is 2. The number of alkyl halides is 3. The molecule has 0 aliphatic heterocycles. The minimum Gasteiger partial charge on any atom is -0.508 e. The number of phenols is 1. The van der Waals surface area contributed by atoms with Crippen LogP contribution in [0.5, 0.6) is 5.75 Å². The van der Waals surface area contributed by atoms with Gasteiger partial charge in [0.25, 0.3) is 0 Å². The van der Waals surface area contributed by atoms with Gasteiger partial charge in [-0.05, 0) is 30.9 Å². The summed E-state index contributed by atoms with van der Waals surface area (Å²) in [6, 6.07) is 3.91. The van der Waals surface area contributed by atoms with E-state index in [1.165, 1.54) is 12.1 Å². The average molecular weight is 262 g/mol. The maximum absolute atomic E-state index is 12.7. The second-order valence-corrected chi connectivity index (χ2v) is 4.66. The van der Waals surface area contributed by atoms with Gasteiger partial charge in [-0.25, -0.2) is 0 Å². The highest BCUT2D eigenvalue weighted by molar-refractivity contribution is 5.41. The van der Waals surface area contributed by atoms with Crippen molar-refractivity contribution < 1.29 is 23.4 Å². The Morgan fingerprint density at radius 2 is 1.83 bits per heavy atom. The van der Waals surface area contributed by atoms with Gasteiger partial charge < -0.3 is 10.2 Å². The van der Waals surface area contributed by atoms with Gasteiger partial charge in [-0.2, -0.15) is 13.2 Å². The fraction of sp³-hybridized carbons (Fsp3) is 0.538. The second-order valence-electron chi connectivity index (χ2n) is 4.66. The van der Waals surface area contributed by atoms with Crippen molar-refractivity contribution in [1.29, 1.82) is 0 Å². The molecule has 2 atom stereocenters. The summed E-state index contributed by atoms with van der Waals surface area (Å²) in [5.41, 5.74) is -2.83. The Balaban J connectivity index is 3.22. The SMILES string of the molecule is CCC(C)c1ccc(C(C)(O)C(F)(F)F)c(O)c1. The van der Waals surface area contributed by atoms with Crippen LogP contribution in [0.2, 0.25) is 0 Å². The van der Waals surface area contributed by atoms with E-state index in [0.29, 0.717) is 6.92 Å². The highest BCUT2D eigenvalue weighted by atomic mass is 19.4. The van der Waals surface area contributed by atoms with E-state index in [2.05, 4.69) is 0 Å². The predicted molar refractivity (Wildman–Crippen MR) is 62.4 cm³/mol. The summed E-state index contributed by atoms with van der Waals surface area (Å²) in [6.07, 6.45) is -4.02. The third-order valence-electron chi connectivity index (χ3n) is 3.28. The summed E-state index contributed by atoms with van der Waals surface area (Å²) in [6.45, 7) is 4.49. The topological polar surface area (TPSA) is 40.5 Å². The normalized spacial score (nSPS) is 17.3. The third kappa shape index (κ3) is 2.61. The van der Waals surface area contributed by atoms with Crippen molar-refractivity contribution >= 4 is 0 Å². The predicted octanol–water partition coefficient (Wildman–Crippen LogP) is 3.68. The molecule has 0 heterocycles. The van der Waals surface area contributed by atoms with Crippen molar-refractivity contribution in [3.05, 3.63) is 29.3 Å². The number of aliphatic hydroxyl groups is 1. The summed E-state index contributed by atoms with van der Waals surface area (Å²) in [5, 5.41) is 19.2. The highest BCUT2D eigenvalue weighted by Gasteiger charge is 2.52. The first-order chi connectivity index (χ1) is 8.11. The van der Waals surface area contributed by atoms with Gasteiger partial charge in [-0.1, -0.05) is 26.0 Å². The number of halogens is 3. The minimum atomic E-state index is -4.83. The molecule has 2 unspecified atom stereocenters. The molecule has 1 aromatic rings. The molecule has 1 rings (SSSR count). The Bertz CT molecular complexity index is 425. The number of phenolic OH excluding ortho intramolecular Hbond substituents is 1. The Hall–Kier alpha value is -1.23. The second kappa shape index (κ2) is 4.80. The van der Waals surface area contributed by atoms with Crippen LogP contribution in [0, 0.1) is 0 Å². The molecule has 5 heteroatoms. The van der Waals surface area contributed by atoms with Crippen LogP contribution >= 0.6 is 0 Å². The molecule has 0 saturated carbocycles. The van der Waals surface area contributed by atoms with Gasteiger partial charge in [0.05, 0.1) is 0 Å². The molecular formula is C13H17F3O2. The Morgan fingerprint density at radius 3 is 2.22 bits per heavy atom. The van der Waals surface area contributed by atoms with Gasteiger partial charge in [0.2, 0.25) is 0 Å². The fourth-order valence-electron chi connectivity index (χ4n) is 1.66. The number of hydrogen-bond donors (Lipinski definition) is 2. The van der Waals surface area contributed by atoms with Gasteiger partial charge in [-0.15, -0.1) is 0 Å². The van der Waals surface area contributed by atoms with E-state index >= 15 is 0 Å². The molecule has 18 heavy (non-hydrogen) atoms. The molecule has 0 radical (unpaired) electrons. The summed E-state index contributed by atoms with van der Waals surface area (Å²) in [4.78, 5) is 0. The molecule has 0 aliphatic rings. The van der Waals surface area contributed by atoms with Crippen LogP contribution in [-0.4, -0.2) is 16.4 Å². The van der Waals surface area contributed by atoms with E-state index in [9.17, 15) is 23.4 Å². The maximum Gasteiger partial charge on any atom is 0.421 e. The Morgan fingerprint density at radius 1 is 1.28 bits per heavy atom. The van der Waals surface area contributed by atoms with E-state index in [-0.39, 0.29) is 5.92 Å². The minimum absolute atomic E-state index is 0.140. The summed E-state index contributed by atoms with van der Waals surface area (Å²) in [5.74, 6) is -0.393. The molecule has 0 fully saturated rings. The highest BCUT2D eigenvalue weighted by Crippen LogP contribution is 2.42. The zero-order chi connectivity index (χ0) is 14.1. The molecule has 2 nitrogen and oxygen atoms in total. The largest absolute Gasteiger partial charge is 0.508 e. The first-order valence-electron chi connectivity index (χ1n) is 5.73. The van der Waals surface area contributed by atoms with Gasteiger partial charge in [-0.3, -0.25) is 0 Å². The van der Waals surface area contributed by atoms with Crippen LogP contribution in [-0.2, 0) is 5.60 Å². The number of benzene rings is 1. The number of rotatable bonds is 3. The number of aromatic hydroxyl groups is 1. The molecule has 1 aromatic carbocycles. The smallest absolute Gasteiger partial charge is 0.421 e. The molecule has 0 aromatic heterocycles. The molecule has 102 valence electrons. The zero-order valence-corrected chi connectivity index (χ0v) is 10.5. The van der Waals surface area contributed by atoms with Crippen molar-refractivity contribution in [1.82, 2.24) is 0 Å². The van der Waals surface area contributed by atoms with Crippen LogP contribution < -0.4 is 0 Å². The lowest BCUT2D eigenvalue weighted by atomic mass is 9.90. The Labute approximate surface area is 104 Å². The van der Waals surface area contributed by atoms with E-state index in [4.69, 9.17) is 0 Å². The average Bonchev–Trinajstić information content (AvgIpc) is 2.25. The molecule has 0 aliphatic carbocycles. The Kier molecular flexibility index (Phi) is 3.96. The molecule has 0 spiro atoms. The van der Waals surface area contributed by atoms with E-state index < -0.39 is 23.1 Å². The van der Waals surface area contributed by atoms with Gasteiger partial charge >= 0.3 is 6.18 Å². The van der Waals surface area contributed by atoms with Gasteiger partial charge in [0.1, 0.15) is 5.75 Å². The van der Waals surface area contributed by atoms with E-state index in [1.54, 1.807) is 0 Å². The van der Waals surface area contributed by atoms with Gasteiger partial charge in [0, 0.05) is 5.56 Å². The van der Waals surface area contributed by atoms with Crippen LogP contribution in [0.4, 0.5) is 13.2 Å². The van der Waals surface area contributed by atoms with E-state index in [0.717, 1.165) is 18.1 Å². The first kappa shape index (κ1) is 14.8. The molecule has 2 N–H and O–H groups in total. The van der Waals surface area contributed by atoms with Crippen LogP contribution in [0.3, 0.4) is 0 Å². The monoisotopic (exact) mass is 262 g/mol. The lowest BCUT2D eigenvalue weighted by Crippen LogP contribution is -2.39. The van der Waals surface area contributed by atoms with Crippen molar-refractivity contribution in [3.63, 3.8) is 0 Å². The van der Waals surface area contributed by atoms with Crippen LogP contribution in [0.15, 0.2) is 18.2 Å². The molecular weight excluding hydrogens is 245 g/mol. The lowest BCUT2D eigenvalue weighted by molar-refractivity contribution is -0.259. The van der Waals surface area contributed by atoms with Gasteiger partial charge in [0.15, 0.2) is 5.60 Å². The van der Waals surface area contributed by atoms with Crippen molar-refractivity contribution in [3.8, 4) is 5.75 Å². The van der Waals surface area contributed by atoms with Crippen LogP contribution in [0.1, 0.15) is 44.2 Å². The summed E-state index contributed by atoms with van der Waals surface area (Å²) in [7, 11) is 0. The van der Waals surface area contributed by atoms with Crippen molar-refractivity contribution in [2.45, 2.75) is 44.9 Å².